The van der Waals surface area contributed by atoms with E-state index in [0.29, 0.717) is 12.0 Å². The summed E-state index contributed by atoms with van der Waals surface area (Å²) in [7, 11) is 0. The number of benzene rings is 1. The van der Waals surface area contributed by atoms with E-state index in [1.165, 1.54) is 5.69 Å². The fraction of sp³-hybridized carbons (Fsp3) is 0.625. The maximum Gasteiger partial charge on any atom is 0.0438 e. The lowest BCUT2D eigenvalue weighted by Crippen LogP contribution is -2.64. The predicted octanol–water partition coefficient (Wildman–Crippen LogP) is 4.05. The van der Waals surface area contributed by atoms with Gasteiger partial charge >= 0.3 is 0 Å². The normalized spacial score (nSPS) is 27.9. The Bertz CT molecular complexity index is 433. The van der Waals surface area contributed by atoms with Crippen molar-refractivity contribution in [2.45, 2.75) is 45.7 Å². The third-order valence-corrected chi connectivity index (χ3v) is 4.84. The van der Waals surface area contributed by atoms with Crippen molar-refractivity contribution in [3.63, 3.8) is 0 Å². The van der Waals surface area contributed by atoms with E-state index in [0.717, 1.165) is 24.0 Å². The predicted molar refractivity (Wildman–Crippen MR) is 86.8 cm³/mol. The van der Waals surface area contributed by atoms with Crippen LogP contribution in [0.25, 0.3) is 0 Å². The summed E-state index contributed by atoms with van der Waals surface area (Å²) in [5, 5.41) is 3.74. The van der Waals surface area contributed by atoms with Crippen LogP contribution in [-0.2, 0) is 0 Å². The van der Waals surface area contributed by atoms with Crippen LogP contribution in [-0.4, -0.2) is 24.7 Å². The van der Waals surface area contributed by atoms with E-state index in [1.54, 1.807) is 0 Å². The first-order chi connectivity index (χ1) is 8.95. The first-order valence-corrected chi connectivity index (χ1v) is 8.02. The number of halogens is 1. The number of piperazine rings is 1. The Hall–Kier alpha value is -0.540. The van der Waals surface area contributed by atoms with Gasteiger partial charge in [-0.1, -0.05) is 42.8 Å². The first kappa shape index (κ1) is 14.9. The maximum absolute atomic E-state index is 3.74. The molecule has 0 saturated carbocycles. The Morgan fingerprint density at radius 3 is 2.79 bits per heavy atom. The third kappa shape index (κ3) is 3.32. The largest absolute Gasteiger partial charge is 0.365 e. The molecule has 1 saturated heterocycles. The number of rotatable bonds is 3. The average Bonchev–Trinajstić information content (AvgIpc) is 2.38. The van der Waals surface area contributed by atoms with E-state index in [2.05, 4.69) is 78.1 Å². The highest BCUT2D eigenvalue weighted by Crippen LogP contribution is 2.29. The summed E-state index contributed by atoms with van der Waals surface area (Å²) in [4.78, 5) is 2.58. The van der Waals surface area contributed by atoms with Crippen molar-refractivity contribution >= 4 is 21.6 Å². The minimum absolute atomic E-state index is 0.216. The van der Waals surface area contributed by atoms with E-state index in [4.69, 9.17) is 0 Å². The molecular formula is C16H25BrN2. The van der Waals surface area contributed by atoms with E-state index in [1.807, 2.05) is 0 Å². The zero-order valence-electron chi connectivity index (χ0n) is 12.4. The summed E-state index contributed by atoms with van der Waals surface area (Å²) in [6.45, 7) is 11.4. The van der Waals surface area contributed by atoms with Crippen molar-refractivity contribution in [2.24, 2.45) is 5.92 Å². The zero-order valence-corrected chi connectivity index (χ0v) is 14.0. The molecule has 1 heterocycles. The molecule has 1 aliphatic heterocycles. The molecule has 0 bridgehead atoms. The molecule has 0 radical (unpaired) electrons. The average molecular weight is 325 g/mol. The quantitative estimate of drug-likeness (QED) is 0.902. The zero-order chi connectivity index (χ0) is 14.0. The van der Waals surface area contributed by atoms with Crippen molar-refractivity contribution in [1.82, 2.24) is 5.32 Å². The van der Waals surface area contributed by atoms with Crippen LogP contribution in [0.15, 0.2) is 28.7 Å². The van der Waals surface area contributed by atoms with E-state index < -0.39 is 0 Å². The Morgan fingerprint density at radius 1 is 1.47 bits per heavy atom. The van der Waals surface area contributed by atoms with Crippen LogP contribution in [0.1, 0.15) is 34.1 Å². The summed E-state index contributed by atoms with van der Waals surface area (Å²) >= 11 is 3.59. The Balaban J connectivity index is 2.30. The van der Waals surface area contributed by atoms with Gasteiger partial charge in [-0.3, -0.25) is 0 Å². The van der Waals surface area contributed by atoms with E-state index in [9.17, 15) is 0 Å². The molecule has 1 fully saturated rings. The molecule has 1 aliphatic rings. The van der Waals surface area contributed by atoms with Gasteiger partial charge in [-0.25, -0.2) is 0 Å². The van der Waals surface area contributed by atoms with Gasteiger partial charge in [-0.05, 0) is 37.5 Å². The van der Waals surface area contributed by atoms with Crippen molar-refractivity contribution in [3.05, 3.63) is 28.7 Å². The second-order valence-corrected chi connectivity index (χ2v) is 7.13. The molecule has 0 aliphatic carbocycles. The van der Waals surface area contributed by atoms with Crippen LogP contribution in [0.4, 0.5) is 5.69 Å². The van der Waals surface area contributed by atoms with Crippen molar-refractivity contribution in [3.8, 4) is 0 Å². The number of nitrogens with zero attached hydrogens (tertiary/aromatic N) is 1. The summed E-state index contributed by atoms with van der Waals surface area (Å²) < 4.78 is 1.16. The fourth-order valence-electron chi connectivity index (χ4n) is 2.78. The lowest BCUT2D eigenvalue weighted by molar-refractivity contribution is 0.253. The molecule has 0 amide bonds. The molecule has 19 heavy (non-hydrogen) atoms. The summed E-state index contributed by atoms with van der Waals surface area (Å²) in [6.07, 6.45) is 1.16. The second kappa shape index (κ2) is 5.84. The van der Waals surface area contributed by atoms with Crippen molar-refractivity contribution in [1.29, 1.82) is 0 Å². The Labute approximate surface area is 125 Å². The Morgan fingerprint density at radius 2 is 2.21 bits per heavy atom. The van der Waals surface area contributed by atoms with Crippen molar-refractivity contribution < 1.29 is 0 Å². The monoisotopic (exact) mass is 324 g/mol. The number of hydrogen-bond donors (Lipinski definition) is 1. The van der Waals surface area contributed by atoms with E-state index >= 15 is 0 Å². The van der Waals surface area contributed by atoms with Crippen LogP contribution in [0.3, 0.4) is 0 Å². The number of nitrogens with one attached hydrogen (secondary N) is 1. The standard InChI is InChI=1S/C16H25BrN2/c1-5-16(4)11-19(15(10-18-16)12(2)3)14-8-6-7-13(17)9-14/h6-9,12,15,18H,5,10-11H2,1-4H3. The van der Waals surface area contributed by atoms with Gasteiger partial charge in [0, 0.05) is 34.8 Å². The minimum atomic E-state index is 0.216. The van der Waals surface area contributed by atoms with Gasteiger partial charge in [-0.15, -0.1) is 0 Å². The van der Waals surface area contributed by atoms with Gasteiger partial charge < -0.3 is 10.2 Å². The molecule has 106 valence electrons. The van der Waals surface area contributed by atoms with Gasteiger partial charge in [0.15, 0.2) is 0 Å². The highest BCUT2D eigenvalue weighted by Gasteiger charge is 2.35. The van der Waals surface area contributed by atoms with Crippen LogP contribution in [0, 0.1) is 5.92 Å². The van der Waals surface area contributed by atoms with Crippen LogP contribution in [0.2, 0.25) is 0 Å². The molecular weight excluding hydrogens is 300 g/mol. The SMILES string of the molecule is CCC1(C)CN(c2cccc(Br)c2)C(C(C)C)CN1. The topological polar surface area (TPSA) is 15.3 Å². The smallest absolute Gasteiger partial charge is 0.0438 e. The van der Waals surface area contributed by atoms with Gasteiger partial charge in [0.2, 0.25) is 0 Å². The summed E-state index contributed by atoms with van der Waals surface area (Å²) in [5.41, 5.74) is 1.54. The number of hydrogen-bond acceptors (Lipinski definition) is 2. The molecule has 1 aromatic rings. The third-order valence-electron chi connectivity index (χ3n) is 4.35. The fourth-order valence-corrected chi connectivity index (χ4v) is 3.17. The molecule has 2 atom stereocenters. The molecule has 2 rings (SSSR count). The van der Waals surface area contributed by atoms with E-state index in [-0.39, 0.29) is 5.54 Å². The van der Waals surface area contributed by atoms with Gasteiger partial charge in [0.25, 0.3) is 0 Å². The minimum Gasteiger partial charge on any atom is -0.365 e. The second-order valence-electron chi connectivity index (χ2n) is 6.21. The van der Waals surface area contributed by atoms with Gasteiger partial charge in [0.05, 0.1) is 0 Å². The molecule has 1 aromatic carbocycles. The molecule has 1 N–H and O–H groups in total. The molecule has 0 aromatic heterocycles. The molecule has 0 spiro atoms. The molecule has 2 unspecified atom stereocenters. The summed E-state index contributed by atoms with van der Waals surface area (Å²) in [6, 6.07) is 9.24. The van der Waals surface area contributed by atoms with Gasteiger partial charge in [-0.2, -0.15) is 0 Å². The van der Waals surface area contributed by atoms with Gasteiger partial charge in [0.1, 0.15) is 0 Å². The summed E-state index contributed by atoms with van der Waals surface area (Å²) in [5.74, 6) is 0.646. The highest BCUT2D eigenvalue weighted by atomic mass is 79.9. The Kier molecular flexibility index (Phi) is 4.57. The van der Waals surface area contributed by atoms with Crippen molar-refractivity contribution in [2.75, 3.05) is 18.0 Å². The van der Waals surface area contributed by atoms with Crippen LogP contribution in [0.5, 0.6) is 0 Å². The first-order valence-electron chi connectivity index (χ1n) is 7.22. The molecule has 2 nitrogen and oxygen atoms in total. The lowest BCUT2D eigenvalue weighted by Gasteiger charge is -2.48. The highest BCUT2D eigenvalue weighted by molar-refractivity contribution is 9.10. The van der Waals surface area contributed by atoms with Crippen LogP contribution >= 0.6 is 15.9 Å². The maximum atomic E-state index is 3.74. The lowest BCUT2D eigenvalue weighted by atomic mass is 9.89. The number of anilines is 1. The van der Waals surface area contributed by atoms with Crippen LogP contribution < -0.4 is 10.2 Å². The molecule has 3 heteroatoms.